The molecule has 0 radical (unpaired) electrons. The number of ether oxygens (including phenoxy) is 1. The van der Waals surface area contributed by atoms with Crippen LogP contribution in [0.25, 0.3) is 0 Å². The number of halogens is 1. The average Bonchev–Trinajstić information content (AvgIpc) is 2.41. The number of carboxylic acids is 1. The maximum atomic E-state index is 13.6. The van der Waals surface area contributed by atoms with E-state index in [4.69, 9.17) is 9.84 Å². The van der Waals surface area contributed by atoms with Crippen molar-refractivity contribution in [2.24, 2.45) is 5.92 Å². The van der Waals surface area contributed by atoms with Crippen LogP contribution in [0.15, 0.2) is 18.2 Å². The number of benzene rings is 1. The number of urea groups is 1. The van der Waals surface area contributed by atoms with Gasteiger partial charge in [-0.2, -0.15) is 0 Å². The minimum atomic E-state index is -0.911. The number of carboxylic acid groups (broad SMARTS) is 1. The molecule has 0 aromatic heterocycles. The first-order chi connectivity index (χ1) is 9.93. The van der Waals surface area contributed by atoms with Crippen LogP contribution in [0.1, 0.15) is 20.3 Å². The third kappa shape index (κ3) is 5.68. The summed E-state index contributed by atoms with van der Waals surface area (Å²) in [6.45, 7) is 3.88. The zero-order valence-electron chi connectivity index (χ0n) is 12.0. The summed E-state index contributed by atoms with van der Waals surface area (Å²) in [4.78, 5) is 22.2. The molecule has 0 fully saturated rings. The maximum Gasteiger partial charge on any atom is 0.319 e. The van der Waals surface area contributed by atoms with Gasteiger partial charge >= 0.3 is 12.0 Å². The molecule has 0 spiro atoms. The molecular weight excluding hydrogens is 279 g/mol. The van der Waals surface area contributed by atoms with Gasteiger partial charge in [0.1, 0.15) is 0 Å². The SMILES string of the molecule is CCOc1ccc(NC(=O)NCCC(C)C(=O)O)cc1F. The highest BCUT2D eigenvalue weighted by Gasteiger charge is 2.11. The molecule has 0 saturated heterocycles. The summed E-state index contributed by atoms with van der Waals surface area (Å²) in [5.41, 5.74) is 0.291. The van der Waals surface area contributed by atoms with E-state index in [1.165, 1.54) is 12.1 Å². The van der Waals surface area contributed by atoms with Crippen LogP contribution in [0, 0.1) is 11.7 Å². The number of rotatable bonds is 7. The topological polar surface area (TPSA) is 87.7 Å². The average molecular weight is 298 g/mol. The summed E-state index contributed by atoms with van der Waals surface area (Å²) in [7, 11) is 0. The zero-order chi connectivity index (χ0) is 15.8. The number of hydrogen-bond donors (Lipinski definition) is 3. The second kappa shape index (κ2) is 8.08. The van der Waals surface area contributed by atoms with Crippen LogP contribution < -0.4 is 15.4 Å². The van der Waals surface area contributed by atoms with Gasteiger partial charge in [0.05, 0.1) is 12.5 Å². The Morgan fingerprint density at radius 3 is 2.71 bits per heavy atom. The molecule has 1 aromatic carbocycles. The summed E-state index contributed by atoms with van der Waals surface area (Å²) in [5.74, 6) is -1.88. The smallest absolute Gasteiger partial charge is 0.319 e. The van der Waals surface area contributed by atoms with Gasteiger partial charge in [-0.05, 0) is 25.5 Å². The minimum absolute atomic E-state index is 0.124. The van der Waals surface area contributed by atoms with Gasteiger partial charge in [0.2, 0.25) is 0 Å². The molecule has 116 valence electrons. The molecule has 1 aromatic rings. The Kier molecular flexibility index (Phi) is 6.45. The molecule has 1 unspecified atom stereocenters. The molecule has 0 heterocycles. The Hall–Kier alpha value is -2.31. The zero-order valence-corrected chi connectivity index (χ0v) is 12.0. The summed E-state index contributed by atoms with van der Waals surface area (Å²) in [5, 5.41) is 13.7. The quantitative estimate of drug-likeness (QED) is 0.721. The molecule has 3 N–H and O–H groups in total. The molecule has 1 atom stereocenters. The van der Waals surface area contributed by atoms with Crippen LogP contribution in [0.5, 0.6) is 5.75 Å². The number of anilines is 1. The molecule has 0 aliphatic heterocycles. The van der Waals surface area contributed by atoms with Crippen molar-refractivity contribution in [2.75, 3.05) is 18.5 Å². The van der Waals surface area contributed by atoms with Crippen molar-refractivity contribution in [2.45, 2.75) is 20.3 Å². The highest BCUT2D eigenvalue weighted by atomic mass is 19.1. The Balaban J connectivity index is 2.44. The lowest BCUT2D eigenvalue weighted by atomic mass is 10.1. The maximum absolute atomic E-state index is 13.6. The van der Waals surface area contributed by atoms with Crippen molar-refractivity contribution in [1.29, 1.82) is 0 Å². The van der Waals surface area contributed by atoms with Gasteiger partial charge in [-0.15, -0.1) is 0 Å². The van der Waals surface area contributed by atoms with Crippen LogP contribution in [0.2, 0.25) is 0 Å². The second-order valence-corrected chi connectivity index (χ2v) is 4.49. The normalized spacial score (nSPS) is 11.6. The van der Waals surface area contributed by atoms with Crippen molar-refractivity contribution in [3.63, 3.8) is 0 Å². The highest BCUT2D eigenvalue weighted by molar-refractivity contribution is 5.89. The fraction of sp³-hybridized carbons (Fsp3) is 0.429. The molecule has 21 heavy (non-hydrogen) atoms. The van der Waals surface area contributed by atoms with Crippen molar-refractivity contribution < 1.29 is 23.8 Å². The van der Waals surface area contributed by atoms with E-state index in [9.17, 15) is 14.0 Å². The number of carbonyl (C=O) groups excluding carboxylic acids is 1. The highest BCUT2D eigenvalue weighted by Crippen LogP contribution is 2.20. The third-order valence-corrected chi connectivity index (χ3v) is 2.77. The van der Waals surface area contributed by atoms with Crippen LogP contribution in [-0.4, -0.2) is 30.3 Å². The first-order valence-corrected chi connectivity index (χ1v) is 6.64. The van der Waals surface area contributed by atoms with E-state index in [1.54, 1.807) is 13.8 Å². The Morgan fingerprint density at radius 1 is 1.43 bits per heavy atom. The monoisotopic (exact) mass is 298 g/mol. The molecule has 2 amide bonds. The molecule has 0 saturated carbocycles. The summed E-state index contributed by atoms with van der Waals surface area (Å²) >= 11 is 0. The molecule has 7 heteroatoms. The van der Waals surface area contributed by atoms with Gasteiger partial charge < -0.3 is 20.5 Å². The Morgan fingerprint density at radius 2 is 2.14 bits per heavy atom. The minimum Gasteiger partial charge on any atom is -0.491 e. The fourth-order valence-corrected chi connectivity index (χ4v) is 1.55. The lowest BCUT2D eigenvalue weighted by Crippen LogP contribution is -2.31. The van der Waals surface area contributed by atoms with Crippen LogP contribution >= 0.6 is 0 Å². The van der Waals surface area contributed by atoms with Gasteiger partial charge in [-0.25, -0.2) is 9.18 Å². The Labute approximate surface area is 122 Å². The summed E-state index contributed by atoms with van der Waals surface area (Å²) in [6, 6.07) is 3.59. The summed E-state index contributed by atoms with van der Waals surface area (Å²) in [6.07, 6.45) is 0.320. The predicted octanol–water partition coefficient (Wildman–Crippen LogP) is 2.46. The van der Waals surface area contributed by atoms with Gasteiger partial charge in [0.25, 0.3) is 0 Å². The first-order valence-electron chi connectivity index (χ1n) is 6.64. The molecular formula is C14H19FN2O4. The van der Waals surface area contributed by atoms with Crippen molar-refractivity contribution in [1.82, 2.24) is 5.32 Å². The lowest BCUT2D eigenvalue weighted by Gasteiger charge is -2.10. The standard InChI is InChI=1S/C14H19FN2O4/c1-3-21-12-5-4-10(8-11(12)15)17-14(20)16-7-6-9(2)13(18)19/h4-5,8-9H,3,6-7H2,1-2H3,(H,18,19)(H2,16,17,20). The van der Waals surface area contributed by atoms with Gasteiger partial charge in [0.15, 0.2) is 11.6 Å². The number of carbonyl (C=O) groups is 2. The van der Waals surface area contributed by atoms with E-state index in [0.717, 1.165) is 6.07 Å². The second-order valence-electron chi connectivity index (χ2n) is 4.49. The molecule has 0 aliphatic carbocycles. The van der Waals surface area contributed by atoms with E-state index >= 15 is 0 Å². The van der Waals surface area contributed by atoms with Crippen LogP contribution in [0.4, 0.5) is 14.9 Å². The number of aliphatic carboxylic acids is 1. The van der Waals surface area contributed by atoms with Crippen LogP contribution in [0.3, 0.4) is 0 Å². The van der Waals surface area contributed by atoms with E-state index in [1.807, 2.05) is 0 Å². The predicted molar refractivity (Wildman–Crippen MR) is 76.0 cm³/mol. The van der Waals surface area contributed by atoms with Gasteiger partial charge in [0, 0.05) is 18.3 Å². The molecule has 0 bridgehead atoms. The van der Waals surface area contributed by atoms with E-state index < -0.39 is 23.7 Å². The van der Waals surface area contributed by atoms with E-state index in [2.05, 4.69) is 10.6 Å². The van der Waals surface area contributed by atoms with Crippen molar-refractivity contribution in [3.8, 4) is 5.75 Å². The molecule has 1 rings (SSSR count). The van der Waals surface area contributed by atoms with Crippen molar-refractivity contribution >= 4 is 17.7 Å². The first kappa shape index (κ1) is 16.7. The van der Waals surface area contributed by atoms with Crippen LogP contribution in [-0.2, 0) is 4.79 Å². The van der Waals surface area contributed by atoms with Crippen molar-refractivity contribution in [3.05, 3.63) is 24.0 Å². The van der Waals surface area contributed by atoms with E-state index in [-0.39, 0.29) is 12.3 Å². The number of amides is 2. The number of nitrogens with one attached hydrogen (secondary N) is 2. The molecule has 0 aliphatic rings. The largest absolute Gasteiger partial charge is 0.491 e. The van der Waals surface area contributed by atoms with E-state index in [0.29, 0.717) is 18.7 Å². The number of hydrogen-bond acceptors (Lipinski definition) is 3. The Bertz CT molecular complexity index is 508. The fourth-order valence-electron chi connectivity index (χ4n) is 1.55. The van der Waals surface area contributed by atoms with Gasteiger partial charge in [-0.1, -0.05) is 6.92 Å². The summed E-state index contributed by atoms with van der Waals surface area (Å²) < 4.78 is 18.6. The third-order valence-electron chi connectivity index (χ3n) is 2.77. The molecule has 6 nitrogen and oxygen atoms in total. The lowest BCUT2D eigenvalue weighted by molar-refractivity contribution is -0.141. The van der Waals surface area contributed by atoms with Gasteiger partial charge in [-0.3, -0.25) is 4.79 Å².